The first-order chi connectivity index (χ1) is 11.2. The predicted octanol–water partition coefficient (Wildman–Crippen LogP) is 2.45. The quantitative estimate of drug-likeness (QED) is 0.859. The minimum absolute atomic E-state index is 0.0265. The lowest BCUT2D eigenvalue weighted by atomic mass is 10.1. The normalized spacial score (nSPS) is 17.8. The fraction of sp³-hybridized carbons (Fsp3) is 0.500. The highest BCUT2D eigenvalue weighted by atomic mass is 16.5. The van der Waals surface area contributed by atoms with Crippen LogP contribution in [0, 0.1) is 5.92 Å². The van der Waals surface area contributed by atoms with Crippen LogP contribution >= 0.6 is 0 Å². The van der Waals surface area contributed by atoms with Gasteiger partial charge in [-0.3, -0.25) is 9.59 Å². The fourth-order valence-electron chi connectivity index (χ4n) is 2.75. The van der Waals surface area contributed by atoms with Crippen LogP contribution in [-0.2, 0) is 14.3 Å². The summed E-state index contributed by atoms with van der Waals surface area (Å²) in [4.78, 5) is 38.3. The molecule has 0 aliphatic carbocycles. The van der Waals surface area contributed by atoms with Crippen LogP contribution < -0.4 is 5.32 Å². The van der Waals surface area contributed by atoms with Gasteiger partial charge in [-0.05, 0) is 39.8 Å². The van der Waals surface area contributed by atoms with Crippen LogP contribution in [0.4, 0.5) is 5.69 Å². The first kappa shape index (κ1) is 18.0. The first-order valence-corrected chi connectivity index (χ1v) is 8.11. The van der Waals surface area contributed by atoms with Crippen molar-refractivity contribution in [2.75, 3.05) is 18.5 Å². The van der Waals surface area contributed by atoms with Crippen LogP contribution in [-0.4, -0.2) is 41.4 Å². The first-order valence-electron chi connectivity index (χ1n) is 8.11. The molecular formula is C18H24N2O4. The summed E-state index contributed by atoms with van der Waals surface area (Å²) in [5, 5.41) is 2.77. The standard InChI is InChI=1S/C18H24N2O4/c1-5-24-17(23)13-8-6-7-9-14(13)19-16(22)12-10-15(21)20(11-12)18(2,3)4/h6-9,12H,5,10-11H2,1-4H3,(H,19,22)/t12-/m0/s1. The Kier molecular flexibility index (Phi) is 5.26. The van der Waals surface area contributed by atoms with E-state index in [2.05, 4.69) is 5.32 Å². The lowest BCUT2D eigenvalue weighted by Crippen LogP contribution is -2.42. The summed E-state index contributed by atoms with van der Waals surface area (Å²) in [6.07, 6.45) is 0.185. The fourth-order valence-corrected chi connectivity index (χ4v) is 2.75. The van der Waals surface area contributed by atoms with Crippen molar-refractivity contribution in [3.63, 3.8) is 0 Å². The average molecular weight is 332 g/mol. The lowest BCUT2D eigenvalue weighted by Gasteiger charge is -2.31. The molecule has 6 nitrogen and oxygen atoms in total. The zero-order valence-corrected chi connectivity index (χ0v) is 14.6. The van der Waals surface area contributed by atoms with Crippen LogP contribution in [0.15, 0.2) is 24.3 Å². The van der Waals surface area contributed by atoms with Crippen LogP contribution in [0.1, 0.15) is 44.5 Å². The van der Waals surface area contributed by atoms with Gasteiger partial charge < -0.3 is 15.0 Å². The molecule has 2 amide bonds. The molecule has 1 saturated heterocycles. The number of benzene rings is 1. The number of hydrogen-bond acceptors (Lipinski definition) is 4. The van der Waals surface area contributed by atoms with Crippen molar-refractivity contribution in [3.05, 3.63) is 29.8 Å². The van der Waals surface area contributed by atoms with Gasteiger partial charge in [0.2, 0.25) is 11.8 Å². The third kappa shape index (κ3) is 3.93. The Morgan fingerprint density at radius 2 is 1.96 bits per heavy atom. The maximum atomic E-state index is 12.5. The molecule has 1 aliphatic heterocycles. The average Bonchev–Trinajstić information content (AvgIpc) is 2.90. The Morgan fingerprint density at radius 3 is 2.54 bits per heavy atom. The van der Waals surface area contributed by atoms with E-state index in [0.29, 0.717) is 17.8 Å². The van der Waals surface area contributed by atoms with Crippen molar-refractivity contribution in [2.24, 2.45) is 5.92 Å². The van der Waals surface area contributed by atoms with Crippen LogP contribution in [0.5, 0.6) is 0 Å². The Labute approximate surface area is 142 Å². The van der Waals surface area contributed by atoms with E-state index in [4.69, 9.17) is 4.74 Å². The molecule has 2 rings (SSSR count). The van der Waals surface area contributed by atoms with Crippen molar-refractivity contribution in [3.8, 4) is 0 Å². The van der Waals surface area contributed by atoms with E-state index in [1.54, 1.807) is 36.1 Å². The number of para-hydroxylation sites is 1. The van der Waals surface area contributed by atoms with Crippen molar-refractivity contribution >= 4 is 23.5 Å². The highest BCUT2D eigenvalue weighted by Gasteiger charge is 2.39. The summed E-state index contributed by atoms with van der Waals surface area (Å²) >= 11 is 0. The molecule has 0 radical (unpaired) electrons. The molecule has 130 valence electrons. The summed E-state index contributed by atoms with van der Waals surface area (Å²) < 4.78 is 5.00. The molecule has 1 heterocycles. The largest absolute Gasteiger partial charge is 0.462 e. The van der Waals surface area contributed by atoms with E-state index in [1.165, 1.54) is 0 Å². The van der Waals surface area contributed by atoms with Gasteiger partial charge in [-0.2, -0.15) is 0 Å². The van der Waals surface area contributed by atoms with E-state index in [0.717, 1.165) is 0 Å². The van der Waals surface area contributed by atoms with Crippen molar-refractivity contribution in [2.45, 2.75) is 39.7 Å². The summed E-state index contributed by atoms with van der Waals surface area (Å²) in [5.74, 6) is -1.19. The summed E-state index contributed by atoms with van der Waals surface area (Å²) in [7, 11) is 0. The number of nitrogens with zero attached hydrogens (tertiary/aromatic N) is 1. The summed E-state index contributed by atoms with van der Waals surface area (Å²) in [6.45, 7) is 8.21. The van der Waals surface area contributed by atoms with E-state index in [9.17, 15) is 14.4 Å². The van der Waals surface area contributed by atoms with Gasteiger partial charge >= 0.3 is 5.97 Å². The van der Waals surface area contributed by atoms with Gasteiger partial charge in [-0.1, -0.05) is 12.1 Å². The number of anilines is 1. The third-order valence-corrected chi connectivity index (χ3v) is 3.99. The molecule has 0 unspecified atom stereocenters. The van der Waals surface area contributed by atoms with Crippen molar-refractivity contribution in [1.29, 1.82) is 0 Å². The van der Waals surface area contributed by atoms with E-state index < -0.39 is 11.9 Å². The van der Waals surface area contributed by atoms with Gasteiger partial charge in [0.1, 0.15) is 0 Å². The number of nitrogens with one attached hydrogen (secondary N) is 1. The van der Waals surface area contributed by atoms with Gasteiger partial charge in [-0.25, -0.2) is 4.79 Å². The number of esters is 1. The van der Waals surface area contributed by atoms with E-state index in [1.807, 2.05) is 20.8 Å². The van der Waals surface area contributed by atoms with Crippen LogP contribution in [0.3, 0.4) is 0 Å². The Balaban J connectivity index is 2.11. The Morgan fingerprint density at radius 1 is 1.29 bits per heavy atom. The maximum absolute atomic E-state index is 12.5. The Bertz CT molecular complexity index is 649. The molecule has 24 heavy (non-hydrogen) atoms. The predicted molar refractivity (Wildman–Crippen MR) is 90.6 cm³/mol. The molecular weight excluding hydrogens is 308 g/mol. The van der Waals surface area contributed by atoms with E-state index in [-0.39, 0.29) is 30.4 Å². The molecule has 0 spiro atoms. The zero-order valence-electron chi connectivity index (χ0n) is 14.6. The summed E-state index contributed by atoms with van der Waals surface area (Å²) in [5.41, 5.74) is 0.405. The molecule has 0 aromatic heterocycles. The number of carbonyl (C=O) groups is 3. The minimum Gasteiger partial charge on any atom is -0.462 e. The molecule has 1 fully saturated rings. The number of ether oxygens (including phenoxy) is 1. The topological polar surface area (TPSA) is 75.7 Å². The van der Waals surface area contributed by atoms with Gasteiger partial charge in [-0.15, -0.1) is 0 Å². The van der Waals surface area contributed by atoms with Gasteiger partial charge in [0, 0.05) is 18.5 Å². The molecule has 1 aliphatic rings. The van der Waals surface area contributed by atoms with Crippen LogP contribution in [0.2, 0.25) is 0 Å². The van der Waals surface area contributed by atoms with E-state index >= 15 is 0 Å². The second-order valence-corrected chi connectivity index (χ2v) is 6.83. The van der Waals surface area contributed by atoms with Gasteiger partial charge in [0.05, 0.1) is 23.8 Å². The molecule has 0 saturated carbocycles. The number of carbonyl (C=O) groups excluding carboxylic acids is 3. The third-order valence-electron chi connectivity index (χ3n) is 3.99. The smallest absolute Gasteiger partial charge is 0.340 e. The number of likely N-dealkylation sites (tertiary alicyclic amines) is 1. The van der Waals surface area contributed by atoms with Gasteiger partial charge in [0.25, 0.3) is 0 Å². The Hall–Kier alpha value is -2.37. The minimum atomic E-state index is -0.479. The monoisotopic (exact) mass is 332 g/mol. The number of hydrogen-bond donors (Lipinski definition) is 1. The summed E-state index contributed by atoms with van der Waals surface area (Å²) in [6, 6.07) is 6.71. The number of rotatable bonds is 4. The second kappa shape index (κ2) is 7.03. The lowest BCUT2D eigenvalue weighted by molar-refractivity contribution is -0.131. The molecule has 6 heteroatoms. The second-order valence-electron chi connectivity index (χ2n) is 6.83. The highest BCUT2D eigenvalue weighted by molar-refractivity contribution is 6.03. The maximum Gasteiger partial charge on any atom is 0.340 e. The van der Waals surface area contributed by atoms with Gasteiger partial charge in [0.15, 0.2) is 0 Å². The molecule has 0 bridgehead atoms. The molecule has 1 atom stereocenters. The van der Waals surface area contributed by atoms with Crippen molar-refractivity contribution < 1.29 is 19.1 Å². The number of amides is 2. The molecule has 1 aromatic carbocycles. The van der Waals surface area contributed by atoms with Crippen LogP contribution in [0.25, 0.3) is 0 Å². The molecule has 1 aromatic rings. The zero-order chi connectivity index (χ0) is 17.9. The van der Waals surface area contributed by atoms with Crippen molar-refractivity contribution in [1.82, 2.24) is 4.90 Å². The SMILES string of the molecule is CCOC(=O)c1ccccc1NC(=O)[C@H]1CC(=O)N(C(C)(C)C)C1. The molecule has 1 N–H and O–H groups in total. The highest BCUT2D eigenvalue weighted by Crippen LogP contribution is 2.27.